The van der Waals surface area contributed by atoms with Crippen molar-refractivity contribution in [2.24, 2.45) is 4.99 Å². The average Bonchev–Trinajstić information content (AvgIpc) is 2.98. The van der Waals surface area contributed by atoms with Crippen molar-refractivity contribution in [3.8, 4) is 0 Å². The van der Waals surface area contributed by atoms with E-state index in [4.69, 9.17) is 4.74 Å². The molecule has 2 saturated heterocycles. The summed E-state index contributed by atoms with van der Waals surface area (Å²) in [5.74, 6) is 1.07. The number of ether oxygens (including phenoxy) is 1. The summed E-state index contributed by atoms with van der Waals surface area (Å²) in [5, 5.41) is 6.52. The summed E-state index contributed by atoms with van der Waals surface area (Å²) in [5.41, 5.74) is 2.39. The fourth-order valence-electron chi connectivity index (χ4n) is 3.25. The van der Waals surface area contributed by atoms with Crippen molar-refractivity contribution in [1.82, 2.24) is 10.6 Å². The SMILES string of the molecule is CN=C(NCc1ccccc1N1CCOCC1)NC1CCS(=O)(=O)C1. The number of para-hydroxylation sites is 1. The number of anilines is 1. The van der Waals surface area contributed by atoms with E-state index in [2.05, 4.69) is 32.7 Å². The topological polar surface area (TPSA) is 83.0 Å². The molecule has 1 aromatic rings. The largest absolute Gasteiger partial charge is 0.378 e. The van der Waals surface area contributed by atoms with E-state index < -0.39 is 9.84 Å². The Labute approximate surface area is 149 Å². The Morgan fingerprint density at radius 2 is 2.08 bits per heavy atom. The third-order valence-electron chi connectivity index (χ3n) is 4.59. The molecule has 2 fully saturated rings. The first kappa shape index (κ1) is 18.0. The van der Waals surface area contributed by atoms with Crippen molar-refractivity contribution in [2.75, 3.05) is 49.8 Å². The van der Waals surface area contributed by atoms with Gasteiger partial charge in [0.05, 0.1) is 24.7 Å². The Balaban J connectivity index is 1.60. The standard InChI is InChI=1S/C17H26N4O3S/c1-18-17(20-15-6-11-25(22,23)13-15)19-12-14-4-2-3-5-16(14)21-7-9-24-10-8-21/h2-5,15H,6-13H2,1H3,(H2,18,19,20). The van der Waals surface area contributed by atoms with Gasteiger partial charge < -0.3 is 20.3 Å². The average molecular weight is 366 g/mol. The molecule has 0 amide bonds. The summed E-state index contributed by atoms with van der Waals surface area (Å²) in [6, 6.07) is 8.24. The first-order valence-electron chi connectivity index (χ1n) is 8.65. The fourth-order valence-corrected chi connectivity index (χ4v) is 4.92. The molecule has 2 heterocycles. The molecule has 1 aromatic carbocycles. The molecular weight excluding hydrogens is 340 g/mol. The molecule has 1 unspecified atom stereocenters. The van der Waals surface area contributed by atoms with Gasteiger partial charge in [-0.3, -0.25) is 4.99 Å². The second kappa shape index (κ2) is 8.05. The van der Waals surface area contributed by atoms with Crippen LogP contribution in [0.2, 0.25) is 0 Å². The molecule has 1 atom stereocenters. The monoisotopic (exact) mass is 366 g/mol. The van der Waals surface area contributed by atoms with Crippen molar-refractivity contribution in [3.05, 3.63) is 29.8 Å². The van der Waals surface area contributed by atoms with Gasteiger partial charge in [0.2, 0.25) is 0 Å². The molecule has 138 valence electrons. The minimum atomic E-state index is -2.90. The van der Waals surface area contributed by atoms with Crippen LogP contribution in [-0.4, -0.2) is 65.3 Å². The van der Waals surface area contributed by atoms with Gasteiger partial charge >= 0.3 is 0 Å². The van der Waals surface area contributed by atoms with E-state index in [0.717, 1.165) is 26.3 Å². The summed E-state index contributed by atoms with van der Waals surface area (Å²) in [4.78, 5) is 6.56. The molecule has 0 aromatic heterocycles. The molecule has 0 bridgehead atoms. The van der Waals surface area contributed by atoms with Crippen LogP contribution in [0.1, 0.15) is 12.0 Å². The highest BCUT2D eigenvalue weighted by Crippen LogP contribution is 2.21. The summed E-state index contributed by atoms with van der Waals surface area (Å²) < 4.78 is 28.6. The smallest absolute Gasteiger partial charge is 0.191 e. The Morgan fingerprint density at radius 3 is 2.76 bits per heavy atom. The molecule has 7 nitrogen and oxygen atoms in total. The number of hydrogen-bond donors (Lipinski definition) is 2. The lowest BCUT2D eigenvalue weighted by molar-refractivity contribution is 0.122. The number of hydrogen-bond acceptors (Lipinski definition) is 5. The Kier molecular flexibility index (Phi) is 5.80. The summed E-state index contributed by atoms with van der Waals surface area (Å²) in [6.45, 7) is 3.92. The van der Waals surface area contributed by atoms with Gasteiger partial charge in [0.1, 0.15) is 0 Å². The van der Waals surface area contributed by atoms with Crippen LogP contribution in [0.5, 0.6) is 0 Å². The van der Waals surface area contributed by atoms with Crippen molar-refractivity contribution in [2.45, 2.75) is 19.0 Å². The zero-order chi connectivity index (χ0) is 17.7. The lowest BCUT2D eigenvalue weighted by atomic mass is 10.1. The van der Waals surface area contributed by atoms with Gasteiger partial charge in [0.15, 0.2) is 15.8 Å². The fraction of sp³-hybridized carbons (Fsp3) is 0.588. The van der Waals surface area contributed by atoms with Crippen LogP contribution in [0.3, 0.4) is 0 Å². The van der Waals surface area contributed by atoms with E-state index in [-0.39, 0.29) is 17.5 Å². The van der Waals surface area contributed by atoms with Crippen molar-refractivity contribution in [3.63, 3.8) is 0 Å². The van der Waals surface area contributed by atoms with E-state index in [1.807, 2.05) is 12.1 Å². The van der Waals surface area contributed by atoms with Crippen molar-refractivity contribution >= 4 is 21.5 Å². The second-order valence-electron chi connectivity index (χ2n) is 6.40. The molecule has 2 aliphatic rings. The molecular formula is C17H26N4O3S. The minimum Gasteiger partial charge on any atom is -0.378 e. The van der Waals surface area contributed by atoms with Gasteiger partial charge in [-0.25, -0.2) is 8.42 Å². The molecule has 0 saturated carbocycles. The number of sulfone groups is 1. The zero-order valence-corrected chi connectivity index (χ0v) is 15.4. The predicted octanol–water partition coefficient (Wildman–Crippen LogP) is 0.375. The Hall–Kier alpha value is -1.80. The molecule has 8 heteroatoms. The Bertz CT molecular complexity index is 714. The summed E-state index contributed by atoms with van der Waals surface area (Å²) in [7, 11) is -1.20. The number of rotatable bonds is 4. The number of nitrogens with one attached hydrogen (secondary N) is 2. The third kappa shape index (κ3) is 4.85. The minimum absolute atomic E-state index is 0.0642. The third-order valence-corrected chi connectivity index (χ3v) is 6.35. The maximum atomic E-state index is 11.6. The van der Waals surface area contributed by atoms with Crippen LogP contribution in [0, 0.1) is 0 Å². The highest BCUT2D eigenvalue weighted by atomic mass is 32.2. The van der Waals surface area contributed by atoms with Crippen LogP contribution < -0.4 is 15.5 Å². The Morgan fingerprint density at radius 1 is 1.32 bits per heavy atom. The number of aliphatic imine (C=N–C) groups is 1. The normalized spacial score (nSPS) is 23.5. The molecule has 25 heavy (non-hydrogen) atoms. The molecule has 3 rings (SSSR count). The first-order valence-corrected chi connectivity index (χ1v) is 10.5. The molecule has 2 N–H and O–H groups in total. The number of guanidine groups is 1. The van der Waals surface area contributed by atoms with Crippen LogP contribution in [0.25, 0.3) is 0 Å². The summed E-state index contributed by atoms with van der Waals surface area (Å²) >= 11 is 0. The second-order valence-corrected chi connectivity index (χ2v) is 8.63. The first-order chi connectivity index (χ1) is 12.1. The lowest BCUT2D eigenvalue weighted by Crippen LogP contribution is -2.44. The van der Waals surface area contributed by atoms with Gasteiger partial charge in [-0.15, -0.1) is 0 Å². The molecule has 0 aliphatic carbocycles. The van der Waals surface area contributed by atoms with Crippen molar-refractivity contribution < 1.29 is 13.2 Å². The van der Waals surface area contributed by atoms with Crippen LogP contribution in [0.15, 0.2) is 29.3 Å². The van der Waals surface area contributed by atoms with Gasteiger partial charge in [-0.05, 0) is 18.1 Å². The summed E-state index contributed by atoms with van der Waals surface area (Å²) in [6.07, 6.45) is 0.632. The molecule has 0 radical (unpaired) electrons. The molecule has 2 aliphatic heterocycles. The van der Waals surface area contributed by atoms with Gasteiger partial charge in [-0.2, -0.15) is 0 Å². The maximum absolute atomic E-state index is 11.6. The quantitative estimate of drug-likeness (QED) is 0.592. The van der Waals surface area contributed by atoms with Crippen LogP contribution in [0.4, 0.5) is 5.69 Å². The van der Waals surface area contributed by atoms with E-state index in [9.17, 15) is 8.42 Å². The van der Waals surface area contributed by atoms with Gasteiger partial charge in [0, 0.05) is 38.4 Å². The number of morpholine rings is 1. The number of benzene rings is 1. The molecule has 0 spiro atoms. The van der Waals surface area contributed by atoms with E-state index in [0.29, 0.717) is 18.9 Å². The van der Waals surface area contributed by atoms with Gasteiger partial charge in [0.25, 0.3) is 0 Å². The maximum Gasteiger partial charge on any atom is 0.191 e. The predicted molar refractivity (Wildman–Crippen MR) is 99.9 cm³/mol. The van der Waals surface area contributed by atoms with E-state index in [1.165, 1.54) is 11.3 Å². The highest BCUT2D eigenvalue weighted by Gasteiger charge is 2.28. The number of nitrogens with zero attached hydrogens (tertiary/aromatic N) is 2. The van der Waals surface area contributed by atoms with Crippen LogP contribution >= 0.6 is 0 Å². The zero-order valence-electron chi connectivity index (χ0n) is 14.6. The highest BCUT2D eigenvalue weighted by molar-refractivity contribution is 7.91. The van der Waals surface area contributed by atoms with Crippen molar-refractivity contribution in [1.29, 1.82) is 0 Å². The van der Waals surface area contributed by atoms with Crippen LogP contribution in [-0.2, 0) is 21.1 Å². The van der Waals surface area contributed by atoms with E-state index in [1.54, 1.807) is 7.05 Å². The van der Waals surface area contributed by atoms with E-state index >= 15 is 0 Å². The lowest BCUT2D eigenvalue weighted by Gasteiger charge is -2.30. The van der Waals surface area contributed by atoms with Gasteiger partial charge in [-0.1, -0.05) is 18.2 Å².